The molecule has 0 aliphatic carbocycles. The molecule has 2 heterocycles. The zero-order chi connectivity index (χ0) is 10.2. The van der Waals surface area contributed by atoms with Crippen LogP contribution in [0.4, 0.5) is 0 Å². The van der Waals surface area contributed by atoms with Crippen LogP contribution >= 0.6 is 0 Å². The van der Waals surface area contributed by atoms with Crippen LogP contribution in [0.25, 0.3) is 0 Å². The topological polar surface area (TPSA) is 51.5 Å². The number of nitriles is 1. The Hall–Kier alpha value is -0.630. The maximum absolute atomic E-state index is 9.08. The number of ether oxygens (including phenoxy) is 3. The molecule has 1 spiro atoms. The Balaban J connectivity index is 2.23. The maximum atomic E-state index is 9.08. The van der Waals surface area contributed by atoms with Gasteiger partial charge >= 0.3 is 0 Å². The Morgan fingerprint density at radius 3 is 2.57 bits per heavy atom. The SMILES string of the molecule is CC(C)(C#N)[C@@H]1COCC12OCCO2. The van der Waals surface area contributed by atoms with Crippen molar-refractivity contribution in [3.8, 4) is 6.07 Å². The number of hydrogen-bond donors (Lipinski definition) is 0. The van der Waals surface area contributed by atoms with Crippen molar-refractivity contribution < 1.29 is 14.2 Å². The van der Waals surface area contributed by atoms with Gasteiger partial charge in [-0.1, -0.05) is 0 Å². The van der Waals surface area contributed by atoms with Gasteiger partial charge in [0.15, 0.2) is 5.79 Å². The summed E-state index contributed by atoms with van der Waals surface area (Å²) in [6.07, 6.45) is 0. The minimum absolute atomic E-state index is 0.00231. The average Bonchev–Trinajstić information content (AvgIpc) is 2.77. The Kier molecular flexibility index (Phi) is 2.26. The van der Waals surface area contributed by atoms with Crippen LogP contribution in [0.1, 0.15) is 13.8 Å². The van der Waals surface area contributed by atoms with Crippen molar-refractivity contribution >= 4 is 0 Å². The Morgan fingerprint density at radius 2 is 2.00 bits per heavy atom. The Bertz CT molecular complexity index is 258. The van der Waals surface area contributed by atoms with E-state index in [4.69, 9.17) is 19.5 Å². The quantitative estimate of drug-likeness (QED) is 0.627. The third-order valence-electron chi connectivity index (χ3n) is 3.05. The van der Waals surface area contributed by atoms with Crippen LogP contribution in [0.5, 0.6) is 0 Å². The van der Waals surface area contributed by atoms with Crippen LogP contribution in [-0.2, 0) is 14.2 Å². The van der Waals surface area contributed by atoms with E-state index in [0.717, 1.165) is 0 Å². The standard InChI is InChI=1S/C10H15NO3/c1-9(2,6-11)8-5-12-7-10(8)13-3-4-14-10/h8H,3-5,7H2,1-2H3/t8-/m0/s1. The predicted molar refractivity (Wildman–Crippen MR) is 48.3 cm³/mol. The highest BCUT2D eigenvalue weighted by Crippen LogP contribution is 2.43. The molecule has 0 saturated carbocycles. The van der Waals surface area contributed by atoms with E-state index in [1.165, 1.54) is 0 Å². The first-order chi connectivity index (χ1) is 6.61. The van der Waals surface area contributed by atoms with Gasteiger partial charge in [-0.25, -0.2) is 0 Å². The molecule has 4 nitrogen and oxygen atoms in total. The molecule has 14 heavy (non-hydrogen) atoms. The molecule has 0 amide bonds. The second kappa shape index (κ2) is 3.20. The molecule has 2 saturated heterocycles. The van der Waals surface area contributed by atoms with Crippen molar-refractivity contribution in [3.63, 3.8) is 0 Å². The molecule has 0 aromatic rings. The van der Waals surface area contributed by atoms with Crippen molar-refractivity contribution in [3.05, 3.63) is 0 Å². The lowest BCUT2D eigenvalue weighted by Crippen LogP contribution is -2.45. The van der Waals surface area contributed by atoms with Gasteiger partial charge in [0.25, 0.3) is 0 Å². The summed E-state index contributed by atoms with van der Waals surface area (Å²) >= 11 is 0. The molecule has 1 atom stereocenters. The summed E-state index contributed by atoms with van der Waals surface area (Å²) in [5.41, 5.74) is -0.471. The first-order valence-corrected chi connectivity index (χ1v) is 4.88. The second-order valence-corrected chi connectivity index (χ2v) is 4.41. The molecule has 78 valence electrons. The summed E-state index contributed by atoms with van der Waals surface area (Å²) in [5, 5.41) is 9.08. The van der Waals surface area contributed by atoms with E-state index >= 15 is 0 Å². The number of nitrogens with zero attached hydrogens (tertiary/aromatic N) is 1. The first-order valence-electron chi connectivity index (χ1n) is 4.88. The molecule has 4 heteroatoms. The van der Waals surface area contributed by atoms with Gasteiger partial charge in [0.2, 0.25) is 0 Å². The smallest absolute Gasteiger partial charge is 0.198 e. The largest absolute Gasteiger partial charge is 0.375 e. The second-order valence-electron chi connectivity index (χ2n) is 4.41. The van der Waals surface area contributed by atoms with Crippen molar-refractivity contribution in [2.24, 2.45) is 11.3 Å². The number of rotatable bonds is 1. The zero-order valence-corrected chi connectivity index (χ0v) is 8.58. The van der Waals surface area contributed by atoms with Crippen LogP contribution in [-0.4, -0.2) is 32.2 Å². The van der Waals surface area contributed by atoms with Gasteiger partial charge in [0, 0.05) is 0 Å². The molecule has 0 aromatic carbocycles. The van der Waals surface area contributed by atoms with Gasteiger partial charge < -0.3 is 14.2 Å². The van der Waals surface area contributed by atoms with Crippen LogP contribution in [0.3, 0.4) is 0 Å². The molecule has 0 unspecified atom stereocenters. The molecule has 2 rings (SSSR count). The summed E-state index contributed by atoms with van der Waals surface area (Å²) < 4.78 is 16.6. The Morgan fingerprint density at radius 1 is 1.36 bits per heavy atom. The molecular formula is C10H15NO3. The summed E-state index contributed by atoms with van der Waals surface area (Å²) in [4.78, 5) is 0. The van der Waals surface area contributed by atoms with Gasteiger partial charge in [0.1, 0.15) is 6.61 Å². The van der Waals surface area contributed by atoms with Crippen molar-refractivity contribution in [2.45, 2.75) is 19.6 Å². The van der Waals surface area contributed by atoms with Crippen molar-refractivity contribution in [1.82, 2.24) is 0 Å². The van der Waals surface area contributed by atoms with Gasteiger partial charge in [-0.3, -0.25) is 0 Å². The number of hydrogen-bond acceptors (Lipinski definition) is 4. The van der Waals surface area contributed by atoms with Gasteiger partial charge in [0.05, 0.1) is 37.2 Å². The van der Waals surface area contributed by atoms with Gasteiger partial charge in [-0.05, 0) is 13.8 Å². The highest BCUT2D eigenvalue weighted by molar-refractivity contribution is 5.05. The highest BCUT2D eigenvalue weighted by atomic mass is 16.8. The van der Waals surface area contributed by atoms with Gasteiger partial charge in [-0.15, -0.1) is 0 Å². The predicted octanol–water partition coefficient (Wildman–Crippen LogP) is 0.926. The van der Waals surface area contributed by atoms with Crippen LogP contribution in [0.15, 0.2) is 0 Å². The minimum Gasteiger partial charge on any atom is -0.375 e. The molecule has 0 bridgehead atoms. The van der Waals surface area contributed by atoms with Crippen LogP contribution in [0.2, 0.25) is 0 Å². The molecule has 2 aliphatic heterocycles. The zero-order valence-electron chi connectivity index (χ0n) is 8.58. The van der Waals surface area contributed by atoms with E-state index in [1.54, 1.807) is 0 Å². The van der Waals surface area contributed by atoms with Crippen molar-refractivity contribution in [2.75, 3.05) is 26.4 Å². The van der Waals surface area contributed by atoms with E-state index in [2.05, 4.69) is 6.07 Å². The Labute approximate surface area is 83.7 Å². The summed E-state index contributed by atoms with van der Waals surface area (Å²) in [7, 11) is 0. The molecule has 0 aromatic heterocycles. The lowest BCUT2D eigenvalue weighted by molar-refractivity contribution is -0.192. The molecule has 0 radical (unpaired) electrons. The third kappa shape index (κ3) is 1.33. The van der Waals surface area contributed by atoms with Crippen LogP contribution < -0.4 is 0 Å². The van der Waals surface area contributed by atoms with E-state index in [1.807, 2.05) is 13.8 Å². The minimum atomic E-state index is -0.654. The summed E-state index contributed by atoms with van der Waals surface area (Å²) in [6.45, 7) is 5.99. The van der Waals surface area contributed by atoms with E-state index < -0.39 is 11.2 Å². The fourth-order valence-electron chi connectivity index (χ4n) is 2.14. The maximum Gasteiger partial charge on any atom is 0.198 e. The highest BCUT2D eigenvalue weighted by Gasteiger charge is 2.55. The summed E-state index contributed by atoms with van der Waals surface area (Å²) in [6, 6.07) is 2.29. The monoisotopic (exact) mass is 197 g/mol. The summed E-state index contributed by atoms with van der Waals surface area (Å²) in [5.74, 6) is -0.651. The van der Waals surface area contributed by atoms with E-state index in [0.29, 0.717) is 26.4 Å². The van der Waals surface area contributed by atoms with Crippen molar-refractivity contribution in [1.29, 1.82) is 5.26 Å². The molecule has 2 fully saturated rings. The lowest BCUT2D eigenvalue weighted by atomic mass is 9.77. The lowest BCUT2D eigenvalue weighted by Gasteiger charge is -2.34. The fraction of sp³-hybridized carbons (Fsp3) is 0.900. The molecule has 0 N–H and O–H groups in total. The molecular weight excluding hydrogens is 182 g/mol. The van der Waals surface area contributed by atoms with E-state index in [-0.39, 0.29) is 5.92 Å². The van der Waals surface area contributed by atoms with E-state index in [9.17, 15) is 0 Å². The van der Waals surface area contributed by atoms with Gasteiger partial charge in [-0.2, -0.15) is 5.26 Å². The van der Waals surface area contributed by atoms with Crippen LogP contribution in [0, 0.1) is 22.7 Å². The first kappa shape index (κ1) is 9.91. The fourth-order valence-corrected chi connectivity index (χ4v) is 2.14. The average molecular weight is 197 g/mol. The normalized spacial score (nSPS) is 30.8. The molecule has 2 aliphatic rings. The third-order valence-corrected chi connectivity index (χ3v) is 3.05.